The molecule has 0 aliphatic carbocycles. The van der Waals surface area contributed by atoms with E-state index < -0.39 is 0 Å². The van der Waals surface area contributed by atoms with E-state index in [-0.39, 0.29) is 6.61 Å². The molecule has 1 N–H and O–H groups in total. The lowest BCUT2D eigenvalue weighted by atomic mass is 10.1. The van der Waals surface area contributed by atoms with Crippen LogP contribution in [0, 0.1) is 12.8 Å². The second-order valence-corrected chi connectivity index (χ2v) is 3.37. The Kier molecular flexibility index (Phi) is 2.87. The normalized spacial score (nSPS) is 11.1. The molecular formula is C9H15NO2. The predicted molar refractivity (Wildman–Crippen MR) is 45.7 cm³/mol. The fourth-order valence-electron chi connectivity index (χ4n) is 1.13. The van der Waals surface area contributed by atoms with Crippen LogP contribution in [0.25, 0.3) is 0 Å². The van der Waals surface area contributed by atoms with Gasteiger partial charge in [-0.1, -0.05) is 13.8 Å². The van der Waals surface area contributed by atoms with E-state index in [9.17, 15) is 0 Å². The van der Waals surface area contributed by atoms with E-state index in [2.05, 4.69) is 18.8 Å². The molecule has 1 aromatic rings. The summed E-state index contributed by atoms with van der Waals surface area (Å²) in [5.74, 6) is 1.82. The highest BCUT2D eigenvalue weighted by Gasteiger charge is 2.09. The van der Waals surface area contributed by atoms with Crippen molar-refractivity contribution < 1.29 is 9.52 Å². The third-order valence-corrected chi connectivity index (χ3v) is 1.67. The van der Waals surface area contributed by atoms with Crippen molar-refractivity contribution in [2.75, 3.05) is 0 Å². The number of hydrogen-bond donors (Lipinski definition) is 1. The lowest BCUT2D eigenvalue weighted by molar-refractivity contribution is 0.238. The van der Waals surface area contributed by atoms with Gasteiger partial charge < -0.3 is 9.52 Å². The van der Waals surface area contributed by atoms with E-state index in [4.69, 9.17) is 9.52 Å². The summed E-state index contributed by atoms with van der Waals surface area (Å²) in [7, 11) is 0. The lowest BCUT2D eigenvalue weighted by Crippen LogP contribution is -1.96. The number of nitrogens with zero attached hydrogens (tertiary/aromatic N) is 1. The largest absolute Gasteiger partial charge is 0.443 e. The fraction of sp³-hybridized carbons (Fsp3) is 0.667. The summed E-state index contributed by atoms with van der Waals surface area (Å²) in [4.78, 5) is 4.15. The van der Waals surface area contributed by atoms with Gasteiger partial charge in [0.25, 0.3) is 0 Å². The van der Waals surface area contributed by atoms with Crippen molar-refractivity contribution in [2.24, 2.45) is 5.92 Å². The third kappa shape index (κ3) is 2.08. The molecule has 3 nitrogen and oxygen atoms in total. The van der Waals surface area contributed by atoms with Gasteiger partial charge in [-0.15, -0.1) is 0 Å². The van der Waals surface area contributed by atoms with Crippen molar-refractivity contribution in [1.29, 1.82) is 0 Å². The van der Waals surface area contributed by atoms with Gasteiger partial charge in [0.1, 0.15) is 12.4 Å². The molecule has 0 spiro atoms. The summed E-state index contributed by atoms with van der Waals surface area (Å²) in [5, 5.41) is 8.75. The van der Waals surface area contributed by atoms with Gasteiger partial charge in [0.2, 0.25) is 5.89 Å². The van der Waals surface area contributed by atoms with Crippen LogP contribution in [0.2, 0.25) is 0 Å². The zero-order valence-corrected chi connectivity index (χ0v) is 7.79. The molecule has 0 aliphatic heterocycles. The average molecular weight is 169 g/mol. The third-order valence-electron chi connectivity index (χ3n) is 1.67. The topological polar surface area (TPSA) is 46.3 Å². The van der Waals surface area contributed by atoms with Gasteiger partial charge in [-0.3, -0.25) is 0 Å². The van der Waals surface area contributed by atoms with Crippen molar-refractivity contribution in [3.63, 3.8) is 0 Å². The first-order valence-corrected chi connectivity index (χ1v) is 4.19. The zero-order valence-electron chi connectivity index (χ0n) is 7.79. The van der Waals surface area contributed by atoms with Crippen LogP contribution >= 0.6 is 0 Å². The Bertz CT molecular complexity index is 253. The smallest absolute Gasteiger partial charge is 0.220 e. The molecule has 0 aliphatic rings. The number of aryl methyl sites for hydroxylation is 1. The molecule has 0 saturated carbocycles. The number of oxazole rings is 1. The van der Waals surface area contributed by atoms with Gasteiger partial charge in [0.15, 0.2) is 0 Å². The van der Waals surface area contributed by atoms with Crippen molar-refractivity contribution in [3.05, 3.63) is 17.3 Å². The van der Waals surface area contributed by atoms with Gasteiger partial charge >= 0.3 is 0 Å². The molecule has 0 atom stereocenters. The first kappa shape index (κ1) is 9.26. The minimum atomic E-state index is -0.112. The number of aromatic nitrogens is 1. The number of hydrogen-bond acceptors (Lipinski definition) is 3. The first-order valence-electron chi connectivity index (χ1n) is 4.19. The van der Waals surface area contributed by atoms with Crippen molar-refractivity contribution in [1.82, 2.24) is 4.98 Å². The monoisotopic (exact) mass is 169 g/mol. The van der Waals surface area contributed by atoms with Gasteiger partial charge in [-0.2, -0.15) is 0 Å². The molecule has 0 amide bonds. The molecule has 1 rings (SSSR count). The van der Waals surface area contributed by atoms with Crippen LogP contribution in [-0.4, -0.2) is 10.1 Å². The molecule has 0 fully saturated rings. The Labute approximate surface area is 72.4 Å². The summed E-state index contributed by atoms with van der Waals surface area (Å²) in [6, 6.07) is 0. The van der Waals surface area contributed by atoms with Crippen molar-refractivity contribution in [2.45, 2.75) is 33.8 Å². The number of aliphatic hydroxyl groups is 1. The van der Waals surface area contributed by atoms with Crippen LogP contribution < -0.4 is 0 Å². The Morgan fingerprint density at radius 1 is 1.50 bits per heavy atom. The first-order chi connectivity index (χ1) is 5.63. The van der Waals surface area contributed by atoms with Crippen molar-refractivity contribution >= 4 is 0 Å². The summed E-state index contributed by atoms with van der Waals surface area (Å²) in [5.41, 5.74) is 0.967. The Morgan fingerprint density at radius 3 is 2.58 bits per heavy atom. The second kappa shape index (κ2) is 3.72. The van der Waals surface area contributed by atoms with E-state index in [1.807, 2.05) is 6.92 Å². The second-order valence-electron chi connectivity index (χ2n) is 3.37. The van der Waals surface area contributed by atoms with Crippen LogP contribution in [0.5, 0.6) is 0 Å². The Balaban J connectivity index is 2.77. The zero-order chi connectivity index (χ0) is 9.14. The van der Waals surface area contributed by atoms with Crippen LogP contribution in [0.1, 0.15) is 31.2 Å². The van der Waals surface area contributed by atoms with Crippen molar-refractivity contribution in [3.8, 4) is 0 Å². The number of rotatable bonds is 3. The molecule has 0 unspecified atom stereocenters. The highest BCUT2D eigenvalue weighted by molar-refractivity contribution is 5.08. The fourth-order valence-corrected chi connectivity index (χ4v) is 1.13. The highest BCUT2D eigenvalue weighted by atomic mass is 16.4. The quantitative estimate of drug-likeness (QED) is 0.748. The van der Waals surface area contributed by atoms with Crippen LogP contribution in [0.4, 0.5) is 0 Å². The maximum atomic E-state index is 8.75. The molecule has 1 heterocycles. The van der Waals surface area contributed by atoms with E-state index in [1.165, 1.54) is 0 Å². The minimum absolute atomic E-state index is 0.112. The molecule has 1 aromatic heterocycles. The molecule has 0 saturated heterocycles. The molecule has 0 aromatic carbocycles. The average Bonchev–Trinajstić information content (AvgIpc) is 2.31. The summed E-state index contributed by atoms with van der Waals surface area (Å²) < 4.78 is 5.20. The van der Waals surface area contributed by atoms with Crippen LogP contribution in [0.3, 0.4) is 0 Å². The molecule has 0 bridgehead atoms. The standard InChI is InChI=1S/C9H15NO2/c1-6(2)4-8-7(3)12-9(5-11)10-8/h6,11H,4-5H2,1-3H3. The van der Waals surface area contributed by atoms with E-state index >= 15 is 0 Å². The minimum Gasteiger partial charge on any atom is -0.443 e. The molecular weight excluding hydrogens is 154 g/mol. The predicted octanol–water partition coefficient (Wildman–Crippen LogP) is 1.67. The lowest BCUT2D eigenvalue weighted by Gasteiger charge is -1.99. The maximum absolute atomic E-state index is 8.75. The molecule has 3 heteroatoms. The maximum Gasteiger partial charge on any atom is 0.220 e. The Morgan fingerprint density at radius 2 is 2.17 bits per heavy atom. The van der Waals surface area contributed by atoms with E-state index in [0.717, 1.165) is 17.9 Å². The van der Waals surface area contributed by atoms with Crippen LogP contribution in [0.15, 0.2) is 4.42 Å². The number of aliphatic hydroxyl groups excluding tert-OH is 1. The summed E-state index contributed by atoms with van der Waals surface area (Å²) >= 11 is 0. The van der Waals surface area contributed by atoms with E-state index in [0.29, 0.717) is 11.8 Å². The molecule has 68 valence electrons. The van der Waals surface area contributed by atoms with Gasteiger partial charge in [0, 0.05) is 0 Å². The molecule has 12 heavy (non-hydrogen) atoms. The SMILES string of the molecule is Cc1oc(CO)nc1CC(C)C. The Hall–Kier alpha value is -0.830. The summed E-state index contributed by atoms with van der Waals surface area (Å²) in [6.07, 6.45) is 0.912. The summed E-state index contributed by atoms with van der Waals surface area (Å²) in [6.45, 7) is 6.03. The molecule has 0 radical (unpaired) electrons. The van der Waals surface area contributed by atoms with Crippen LogP contribution in [-0.2, 0) is 13.0 Å². The van der Waals surface area contributed by atoms with Gasteiger partial charge in [-0.05, 0) is 19.3 Å². The van der Waals surface area contributed by atoms with Gasteiger partial charge in [0.05, 0.1) is 5.69 Å². The van der Waals surface area contributed by atoms with E-state index in [1.54, 1.807) is 0 Å². The highest BCUT2D eigenvalue weighted by Crippen LogP contribution is 2.13. The van der Waals surface area contributed by atoms with Gasteiger partial charge in [-0.25, -0.2) is 4.98 Å².